The SMILES string of the molecule is [2H]CC(O)C(O)C1OC(OCCCC(CCC)CC(C)C(C(C)C)C(C)C)(C(=O)O)CC(O)C1NC.[2H]CC(O)C(O)C1OC(OCCCC(CCC)CC(C)C(C(C)C)C(C)C)(C(=O)O)CC(O)C1NC. The first-order valence-electron chi connectivity index (χ1n) is 28.2. The van der Waals surface area contributed by atoms with Gasteiger partial charge in [-0.1, -0.05) is 109 Å². The van der Waals surface area contributed by atoms with E-state index >= 15 is 0 Å². The summed E-state index contributed by atoms with van der Waals surface area (Å²) in [5, 5.41) is 87.8. The van der Waals surface area contributed by atoms with E-state index in [-0.39, 0.29) is 26.1 Å². The van der Waals surface area contributed by atoms with Gasteiger partial charge in [0.1, 0.15) is 24.4 Å². The van der Waals surface area contributed by atoms with E-state index in [9.17, 15) is 50.4 Å². The molecule has 2 rings (SSSR count). The first-order valence-corrected chi connectivity index (χ1v) is 26.8. The van der Waals surface area contributed by atoms with E-state index in [4.69, 9.17) is 21.7 Å². The molecule has 0 aromatic rings. The molecule has 0 aromatic carbocycles. The molecule has 10 N–H and O–H groups in total. The van der Waals surface area contributed by atoms with Gasteiger partial charge in [0.25, 0.3) is 11.6 Å². The van der Waals surface area contributed by atoms with Crippen molar-refractivity contribution in [3.63, 3.8) is 0 Å². The van der Waals surface area contributed by atoms with Gasteiger partial charge in [-0.2, -0.15) is 0 Å². The quantitative estimate of drug-likeness (QED) is 0.0310. The van der Waals surface area contributed by atoms with Crippen LogP contribution in [-0.4, -0.2) is 153 Å². The van der Waals surface area contributed by atoms with Crippen molar-refractivity contribution in [3.05, 3.63) is 0 Å². The molecular weight excluding hydrogens is 901 g/mol. The summed E-state index contributed by atoms with van der Waals surface area (Å²) in [6, 6.07) is -1.63. The smallest absolute Gasteiger partial charge is 0.364 e. The molecule has 16 unspecified atom stereocenters. The van der Waals surface area contributed by atoms with Crippen molar-refractivity contribution in [2.24, 2.45) is 59.2 Å². The number of aliphatic hydroxyl groups excluding tert-OH is 6. The standard InChI is InChI=1S/2C27H53NO7/c2*1-9-11-20(14-18(6)22(16(2)3)17(4)5)12-10-13-34-27(26(32)33)15-21(30)23(28-8)25(35-27)24(31)19(7)29/h2*16-25,28-31H,9-15H2,1-8H3,(H,32,33)/i2*7D. The van der Waals surface area contributed by atoms with Crippen LogP contribution in [-0.2, 0) is 28.5 Å². The zero-order chi connectivity index (χ0) is 55.3. The Labute approximate surface area is 426 Å². The Morgan fingerprint density at radius 3 is 1.16 bits per heavy atom. The molecule has 0 spiro atoms. The van der Waals surface area contributed by atoms with Crippen molar-refractivity contribution in [2.75, 3.05) is 27.3 Å². The van der Waals surface area contributed by atoms with Crippen LogP contribution in [0, 0.1) is 59.2 Å². The van der Waals surface area contributed by atoms with Gasteiger partial charge in [-0.05, 0) is 126 Å². The molecular formula is C54H106N2O14. The molecule has 2 aliphatic rings. The highest BCUT2D eigenvalue weighted by Crippen LogP contribution is 2.39. The number of rotatable bonds is 32. The zero-order valence-corrected chi connectivity index (χ0v) is 45.9. The maximum atomic E-state index is 12.2. The molecule has 416 valence electrons. The minimum atomic E-state index is -2.13. The molecule has 0 saturated carbocycles. The number of carboxylic acid groups (broad SMARTS) is 2. The average Bonchev–Trinajstić information content (AvgIpc) is 3.29. The fraction of sp³-hybridized carbons (Fsp3) is 0.963. The average molecular weight is 1010 g/mol. The lowest BCUT2D eigenvalue weighted by Gasteiger charge is -2.46. The summed E-state index contributed by atoms with van der Waals surface area (Å²) in [4.78, 5) is 24.5. The zero-order valence-electron chi connectivity index (χ0n) is 47.9. The minimum absolute atomic E-state index is 0.138. The van der Waals surface area contributed by atoms with Crippen molar-refractivity contribution < 1.29 is 72.1 Å². The largest absolute Gasteiger partial charge is 0.477 e. The Hall–Kier alpha value is -1.54. The molecule has 16 atom stereocenters. The molecule has 70 heavy (non-hydrogen) atoms. The Balaban J connectivity index is 0.000000720. The van der Waals surface area contributed by atoms with Crippen LogP contribution >= 0.6 is 0 Å². The first-order chi connectivity index (χ1) is 33.7. The van der Waals surface area contributed by atoms with Crippen LogP contribution in [0.5, 0.6) is 0 Å². The summed E-state index contributed by atoms with van der Waals surface area (Å²) >= 11 is 0. The molecule has 2 fully saturated rings. The van der Waals surface area contributed by atoms with E-state index in [1.807, 2.05) is 0 Å². The first kappa shape index (κ1) is 62.8. The Bertz CT molecular complexity index is 1360. The number of carboxylic acids is 2. The van der Waals surface area contributed by atoms with Gasteiger partial charge in [-0.3, -0.25) is 0 Å². The summed E-state index contributed by atoms with van der Waals surface area (Å²) in [6.07, 6.45) is -1.76. The molecule has 16 nitrogen and oxygen atoms in total. The highest BCUT2D eigenvalue weighted by molar-refractivity contribution is 5.76. The number of hydrogen-bond donors (Lipinski definition) is 10. The minimum Gasteiger partial charge on any atom is -0.477 e. The summed E-state index contributed by atoms with van der Waals surface area (Å²) < 4.78 is 37.8. The van der Waals surface area contributed by atoms with E-state index < -0.39 is 98.2 Å². The molecule has 2 saturated heterocycles. The molecule has 0 radical (unpaired) electrons. The number of hydrogen-bond acceptors (Lipinski definition) is 14. The van der Waals surface area contributed by atoms with E-state index in [2.05, 4.69) is 93.7 Å². The third-order valence-corrected chi connectivity index (χ3v) is 15.3. The topological polar surface area (TPSA) is 257 Å². The summed E-state index contributed by atoms with van der Waals surface area (Å²) in [5.41, 5.74) is 0. The fourth-order valence-corrected chi connectivity index (χ4v) is 12.6. The molecule has 0 amide bonds. The van der Waals surface area contributed by atoms with Gasteiger partial charge < -0.3 is 70.4 Å². The number of likely N-dealkylation sites (N-methyl/N-ethyl adjacent to an activating group) is 2. The Morgan fingerprint density at radius 1 is 0.600 bits per heavy atom. The lowest BCUT2D eigenvalue weighted by molar-refractivity contribution is -0.310. The van der Waals surface area contributed by atoms with Gasteiger partial charge >= 0.3 is 11.9 Å². The number of nitrogens with one attached hydrogen (secondary N) is 2. The Morgan fingerprint density at radius 2 is 0.914 bits per heavy atom. The monoisotopic (exact) mass is 1010 g/mol. The third kappa shape index (κ3) is 19.6. The summed E-state index contributed by atoms with van der Waals surface area (Å²) in [5.74, 6) is -1.04. The van der Waals surface area contributed by atoms with Crippen molar-refractivity contribution in [1.82, 2.24) is 10.6 Å². The van der Waals surface area contributed by atoms with E-state index in [1.54, 1.807) is 14.1 Å². The predicted octanol–water partition coefficient (Wildman–Crippen LogP) is 6.83. The highest BCUT2D eigenvalue weighted by Gasteiger charge is 2.56. The third-order valence-electron chi connectivity index (χ3n) is 15.3. The summed E-state index contributed by atoms with van der Waals surface area (Å²) in [7, 11) is 3.10. The van der Waals surface area contributed by atoms with Crippen LogP contribution in [0.3, 0.4) is 0 Å². The summed E-state index contributed by atoms with van der Waals surface area (Å²) in [6.45, 7) is 26.7. The van der Waals surface area contributed by atoms with Crippen LogP contribution in [0.2, 0.25) is 0 Å². The molecule has 16 heteroatoms. The molecule has 0 aromatic heterocycles. The van der Waals surface area contributed by atoms with Crippen LogP contribution in [0.1, 0.15) is 177 Å². The van der Waals surface area contributed by atoms with Crippen LogP contribution < -0.4 is 10.6 Å². The van der Waals surface area contributed by atoms with Crippen molar-refractivity contribution >= 4 is 11.9 Å². The maximum Gasteiger partial charge on any atom is 0.364 e. The van der Waals surface area contributed by atoms with Gasteiger partial charge in [-0.25, -0.2) is 9.59 Å². The molecule has 0 aliphatic carbocycles. The van der Waals surface area contributed by atoms with E-state index in [0.29, 0.717) is 72.0 Å². The van der Waals surface area contributed by atoms with Gasteiger partial charge in [-0.15, -0.1) is 0 Å². The molecule has 2 heterocycles. The van der Waals surface area contributed by atoms with Gasteiger partial charge in [0, 0.05) is 15.6 Å². The number of ether oxygens (including phenoxy) is 4. The second-order valence-electron chi connectivity index (χ2n) is 22.4. The normalized spacial score (nSPS) is 29.3. The molecule has 2 aliphatic heterocycles. The fourth-order valence-electron chi connectivity index (χ4n) is 12.6. The van der Waals surface area contributed by atoms with Gasteiger partial charge in [0.05, 0.1) is 49.7 Å². The van der Waals surface area contributed by atoms with Gasteiger partial charge in [0.15, 0.2) is 0 Å². The second kappa shape index (κ2) is 32.0. The Kier molecular flexibility index (Phi) is 28.7. The van der Waals surface area contributed by atoms with Gasteiger partial charge in [0.2, 0.25) is 0 Å². The highest BCUT2D eigenvalue weighted by atomic mass is 16.7. The molecule has 0 bridgehead atoms. The number of aliphatic hydroxyl groups is 6. The lowest BCUT2D eigenvalue weighted by Crippen LogP contribution is -2.66. The lowest BCUT2D eigenvalue weighted by atomic mass is 9.72. The van der Waals surface area contributed by atoms with Crippen LogP contribution in [0.25, 0.3) is 0 Å². The number of aliphatic carboxylic acids is 2. The van der Waals surface area contributed by atoms with Crippen LogP contribution in [0.4, 0.5) is 0 Å². The van der Waals surface area contributed by atoms with E-state index in [1.165, 1.54) is 0 Å². The van der Waals surface area contributed by atoms with Crippen molar-refractivity contribution in [3.8, 4) is 0 Å². The number of carbonyl (C=O) groups is 2. The van der Waals surface area contributed by atoms with Crippen molar-refractivity contribution in [2.45, 2.75) is 246 Å². The van der Waals surface area contributed by atoms with Crippen LogP contribution in [0.15, 0.2) is 0 Å². The van der Waals surface area contributed by atoms with E-state index in [0.717, 1.165) is 51.4 Å². The maximum absolute atomic E-state index is 12.2. The predicted molar refractivity (Wildman–Crippen MR) is 274 cm³/mol. The van der Waals surface area contributed by atoms with Crippen molar-refractivity contribution in [1.29, 1.82) is 0 Å². The second-order valence-corrected chi connectivity index (χ2v) is 22.4.